The van der Waals surface area contributed by atoms with Crippen molar-refractivity contribution in [3.8, 4) is 0 Å². The SMILES string of the molecule is CC(C)CCc1ccc2cc(CC(C)C)ccc2c1. The summed E-state index contributed by atoms with van der Waals surface area (Å²) < 4.78 is 0. The van der Waals surface area contributed by atoms with Gasteiger partial charge in [0.05, 0.1) is 0 Å². The maximum Gasteiger partial charge on any atom is -0.0181 e. The van der Waals surface area contributed by atoms with Gasteiger partial charge in [-0.05, 0) is 53.0 Å². The molecular weight excluding hydrogens is 228 g/mol. The standard InChI is InChI=1S/C19H26/c1-14(2)5-6-16-7-9-19-13-17(11-15(3)4)8-10-18(19)12-16/h7-10,12-15H,5-6,11H2,1-4H3. The molecule has 2 aromatic rings. The van der Waals surface area contributed by atoms with E-state index >= 15 is 0 Å². The van der Waals surface area contributed by atoms with E-state index in [0.717, 1.165) is 11.8 Å². The van der Waals surface area contributed by atoms with Crippen LogP contribution in [-0.4, -0.2) is 0 Å². The molecule has 2 aromatic carbocycles. The summed E-state index contributed by atoms with van der Waals surface area (Å²) in [5.41, 5.74) is 2.93. The summed E-state index contributed by atoms with van der Waals surface area (Å²) in [6, 6.07) is 13.9. The minimum Gasteiger partial charge on any atom is -0.0628 e. The summed E-state index contributed by atoms with van der Waals surface area (Å²) in [5, 5.41) is 2.76. The van der Waals surface area contributed by atoms with Gasteiger partial charge in [0.15, 0.2) is 0 Å². The average Bonchev–Trinajstić information content (AvgIpc) is 2.35. The number of rotatable bonds is 5. The van der Waals surface area contributed by atoms with Gasteiger partial charge in [-0.15, -0.1) is 0 Å². The largest absolute Gasteiger partial charge is 0.0628 e. The summed E-state index contributed by atoms with van der Waals surface area (Å²) in [7, 11) is 0. The predicted molar refractivity (Wildman–Crippen MR) is 85.6 cm³/mol. The van der Waals surface area contributed by atoms with E-state index in [2.05, 4.69) is 64.1 Å². The monoisotopic (exact) mass is 254 g/mol. The van der Waals surface area contributed by atoms with E-state index in [1.165, 1.54) is 41.2 Å². The maximum atomic E-state index is 2.36. The van der Waals surface area contributed by atoms with Crippen LogP contribution < -0.4 is 0 Å². The normalized spacial score (nSPS) is 11.7. The van der Waals surface area contributed by atoms with Gasteiger partial charge in [0.1, 0.15) is 0 Å². The van der Waals surface area contributed by atoms with E-state index in [1.807, 2.05) is 0 Å². The highest BCUT2D eigenvalue weighted by molar-refractivity contribution is 5.83. The quantitative estimate of drug-likeness (QED) is 0.649. The van der Waals surface area contributed by atoms with E-state index in [-0.39, 0.29) is 0 Å². The lowest BCUT2D eigenvalue weighted by molar-refractivity contribution is 0.587. The minimum absolute atomic E-state index is 0.725. The van der Waals surface area contributed by atoms with Crippen molar-refractivity contribution in [3.05, 3.63) is 47.5 Å². The van der Waals surface area contributed by atoms with Crippen LogP contribution in [0.1, 0.15) is 45.2 Å². The van der Waals surface area contributed by atoms with Crippen LogP contribution in [0.2, 0.25) is 0 Å². The Morgan fingerprint density at radius 3 is 1.89 bits per heavy atom. The van der Waals surface area contributed by atoms with Crippen molar-refractivity contribution >= 4 is 10.8 Å². The molecule has 0 N–H and O–H groups in total. The molecule has 0 saturated heterocycles. The molecule has 0 amide bonds. The highest BCUT2D eigenvalue weighted by Crippen LogP contribution is 2.21. The Labute approximate surface area is 117 Å². The fraction of sp³-hybridized carbons (Fsp3) is 0.474. The molecule has 102 valence electrons. The Morgan fingerprint density at radius 2 is 1.32 bits per heavy atom. The summed E-state index contributed by atoms with van der Waals surface area (Å²) in [6.07, 6.45) is 3.64. The van der Waals surface area contributed by atoms with Gasteiger partial charge in [-0.2, -0.15) is 0 Å². The van der Waals surface area contributed by atoms with E-state index in [1.54, 1.807) is 0 Å². The molecule has 0 saturated carbocycles. The third kappa shape index (κ3) is 4.09. The number of aryl methyl sites for hydroxylation is 1. The first-order chi connectivity index (χ1) is 9.04. The van der Waals surface area contributed by atoms with Crippen LogP contribution in [0.25, 0.3) is 10.8 Å². The van der Waals surface area contributed by atoms with E-state index < -0.39 is 0 Å². The Kier molecular flexibility index (Phi) is 4.63. The van der Waals surface area contributed by atoms with E-state index in [4.69, 9.17) is 0 Å². The number of benzene rings is 2. The maximum absolute atomic E-state index is 2.36. The Morgan fingerprint density at radius 1 is 0.737 bits per heavy atom. The van der Waals surface area contributed by atoms with Crippen molar-refractivity contribution in [2.24, 2.45) is 11.8 Å². The van der Waals surface area contributed by atoms with Crippen molar-refractivity contribution in [2.45, 2.75) is 47.0 Å². The van der Waals surface area contributed by atoms with Gasteiger partial charge in [-0.1, -0.05) is 64.1 Å². The summed E-state index contributed by atoms with van der Waals surface area (Å²) in [5.74, 6) is 1.51. The Bertz CT molecular complexity index is 535. The van der Waals surface area contributed by atoms with Crippen LogP contribution in [-0.2, 0) is 12.8 Å². The molecule has 0 bridgehead atoms. The fourth-order valence-corrected chi connectivity index (χ4v) is 2.55. The van der Waals surface area contributed by atoms with Crippen LogP contribution in [0, 0.1) is 11.8 Å². The molecule has 0 heteroatoms. The molecule has 0 unspecified atom stereocenters. The highest BCUT2D eigenvalue weighted by atomic mass is 14.1. The topological polar surface area (TPSA) is 0 Å². The lowest BCUT2D eigenvalue weighted by Gasteiger charge is -2.09. The zero-order valence-electron chi connectivity index (χ0n) is 12.7. The van der Waals surface area contributed by atoms with Crippen molar-refractivity contribution in [3.63, 3.8) is 0 Å². The molecule has 0 spiro atoms. The summed E-state index contributed by atoms with van der Waals surface area (Å²) in [4.78, 5) is 0. The molecule has 0 aliphatic carbocycles. The van der Waals surface area contributed by atoms with Gasteiger partial charge in [0.2, 0.25) is 0 Å². The first kappa shape index (κ1) is 14.1. The zero-order valence-corrected chi connectivity index (χ0v) is 12.7. The fourth-order valence-electron chi connectivity index (χ4n) is 2.55. The highest BCUT2D eigenvalue weighted by Gasteiger charge is 2.02. The summed E-state index contributed by atoms with van der Waals surface area (Å²) >= 11 is 0. The molecule has 2 rings (SSSR count). The van der Waals surface area contributed by atoms with Gasteiger partial charge < -0.3 is 0 Å². The van der Waals surface area contributed by atoms with Gasteiger partial charge in [-0.25, -0.2) is 0 Å². The van der Waals surface area contributed by atoms with Crippen LogP contribution >= 0.6 is 0 Å². The molecule has 0 heterocycles. The molecule has 0 fully saturated rings. The molecule has 0 atom stereocenters. The van der Waals surface area contributed by atoms with Crippen molar-refractivity contribution in [1.82, 2.24) is 0 Å². The summed E-state index contributed by atoms with van der Waals surface area (Å²) in [6.45, 7) is 9.14. The lowest BCUT2D eigenvalue weighted by Crippen LogP contribution is -1.94. The number of hydrogen-bond donors (Lipinski definition) is 0. The van der Waals surface area contributed by atoms with Gasteiger partial charge in [0, 0.05) is 0 Å². The smallest absolute Gasteiger partial charge is 0.0181 e. The first-order valence-corrected chi connectivity index (χ1v) is 7.56. The first-order valence-electron chi connectivity index (χ1n) is 7.56. The van der Waals surface area contributed by atoms with Crippen LogP contribution in [0.4, 0.5) is 0 Å². The molecular formula is C19H26. The molecule has 0 nitrogen and oxygen atoms in total. The van der Waals surface area contributed by atoms with Crippen molar-refractivity contribution in [2.75, 3.05) is 0 Å². The molecule has 0 aliphatic rings. The zero-order chi connectivity index (χ0) is 13.8. The molecule has 0 radical (unpaired) electrons. The second-order valence-electron chi connectivity index (χ2n) is 6.55. The number of hydrogen-bond acceptors (Lipinski definition) is 0. The predicted octanol–water partition coefficient (Wildman–Crippen LogP) is 5.63. The Hall–Kier alpha value is -1.30. The second-order valence-corrected chi connectivity index (χ2v) is 6.55. The van der Waals surface area contributed by atoms with Gasteiger partial charge in [0.25, 0.3) is 0 Å². The van der Waals surface area contributed by atoms with E-state index in [9.17, 15) is 0 Å². The molecule has 0 aromatic heterocycles. The average molecular weight is 254 g/mol. The van der Waals surface area contributed by atoms with Gasteiger partial charge >= 0.3 is 0 Å². The van der Waals surface area contributed by atoms with Crippen molar-refractivity contribution < 1.29 is 0 Å². The van der Waals surface area contributed by atoms with Crippen LogP contribution in [0.15, 0.2) is 36.4 Å². The third-order valence-corrected chi connectivity index (χ3v) is 3.62. The molecule has 0 aliphatic heterocycles. The van der Waals surface area contributed by atoms with Crippen molar-refractivity contribution in [1.29, 1.82) is 0 Å². The lowest BCUT2D eigenvalue weighted by atomic mass is 9.97. The van der Waals surface area contributed by atoms with Gasteiger partial charge in [-0.3, -0.25) is 0 Å². The third-order valence-electron chi connectivity index (χ3n) is 3.62. The minimum atomic E-state index is 0.725. The van der Waals surface area contributed by atoms with Crippen LogP contribution in [0.5, 0.6) is 0 Å². The number of fused-ring (bicyclic) bond motifs is 1. The van der Waals surface area contributed by atoms with E-state index in [0.29, 0.717) is 0 Å². The van der Waals surface area contributed by atoms with Crippen LogP contribution in [0.3, 0.4) is 0 Å². The molecule has 19 heavy (non-hydrogen) atoms. The second kappa shape index (κ2) is 6.23. The Balaban J connectivity index is 2.20.